The molecule has 0 bridgehead atoms. The van der Waals surface area contributed by atoms with Crippen LogP contribution in [0.4, 0.5) is 5.95 Å². The van der Waals surface area contributed by atoms with Crippen LogP contribution in [0.25, 0.3) is 0 Å². The SMILES string of the molecule is CNc1ncc(C)c(C(C)(C)C)n1. The van der Waals surface area contributed by atoms with Gasteiger partial charge in [-0.2, -0.15) is 0 Å². The van der Waals surface area contributed by atoms with Crippen molar-refractivity contribution in [1.82, 2.24) is 9.97 Å². The molecule has 0 radical (unpaired) electrons. The number of nitrogens with one attached hydrogen (secondary N) is 1. The second-order valence-electron chi connectivity index (χ2n) is 4.23. The van der Waals surface area contributed by atoms with E-state index in [0.29, 0.717) is 5.95 Å². The van der Waals surface area contributed by atoms with Crippen molar-refractivity contribution in [3.63, 3.8) is 0 Å². The Hall–Kier alpha value is -1.12. The molecule has 0 amide bonds. The predicted molar refractivity (Wildman–Crippen MR) is 55.0 cm³/mol. The van der Waals surface area contributed by atoms with Gasteiger partial charge < -0.3 is 5.32 Å². The fourth-order valence-electron chi connectivity index (χ4n) is 1.32. The van der Waals surface area contributed by atoms with Gasteiger partial charge in [-0.3, -0.25) is 0 Å². The first kappa shape index (κ1) is 9.96. The van der Waals surface area contributed by atoms with Crippen molar-refractivity contribution in [1.29, 1.82) is 0 Å². The van der Waals surface area contributed by atoms with Gasteiger partial charge in [0.15, 0.2) is 0 Å². The topological polar surface area (TPSA) is 37.8 Å². The fraction of sp³-hybridized carbons (Fsp3) is 0.600. The summed E-state index contributed by atoms with van der Waals surface area (Å²) in [4.78, 5) is 8.59. The van der Waals surface area contributed by atoms with Gasteiger partial charge in [-0.1, -0.05) is 20.8 Å². The zero-order valence-electron chi connectivity index (χ0n) is 8.97. The van der Waals surface area contributed by atoms with Crippen LogP contribution in [0.3, 0.4) is 0 Å². The number of aryl methyl sites for hydroxylation is 1. The molecule has 13 heavy (non-hydrogen) atoms. The summed E-state index contributed by atoms with van der Waals surface area (Å²) in [5.74, 6) is 0.690. The highest BCUT2D eigenvalue weighted by molar-refractivity contribution is 5.31. The quantitative estimate of drug-likeness (QED) is 0.717. The number of anilines is 1. The van der Waals surface area contributed by atoms with Gasteiger partial charge in [-0.05, 0) is 12.5 Å². The molecule has 0 spiro atoms. The maximum absolute atomic E-state index is 4.44. The molecule has 1 aromatic rings. The van der Waals surface area contributed by atoms with Gasteiger partial charge in [-0.25, -0.2) is 9.97 Å². The maximum atomic E-state index is 4.44. The lowest BCUT2D eigenvalue weighted by Gasteiger charge is -2.20. The Bertz CT molecular complexity index is 300. The highest BCUT2D eigenvalue weighted by atomic mass is 15.1. The van der Waals surface area contributed by atoms with Crippen molar-refractivity contribution < 1.29 is 0 Å². The Morgan fingerprint density at radius 2 is 1.92 bits per heavy atom. The Balaban J connectivity index is 3.19. The average molecular weight is 179 g/mol. The van der Waals surface area contributed by atoms with Crippen LogP contribution in [0.5, 0.6) is 0 Å². The van der Waals surface area contributed by atoms with Crippen molar-refractivity contribution in [3.8, 4) is 0 Å². The summed E-state index contributed by atoms with van der Waals surface area (Å²) in [6.45, 7) is 8.51. The number of nitrogens with zero attached hydrogens (tertiary/aromatic N) is 2. The van der Waals surface area contributed by atoms with E-state index in [2.05, 4.69) is 36.1 Å². The molecule has 1 aromatic heterocycles. The molecule has 72 valence electrons. The normalized spacial score (nSPS) is 11.5. The number of rotatable bonds is 1. The van der Waals surface area contributed by atoms with Gasteiger partial charge in [0, 0.05) is 18.7 Å². The minimum Gasteiger partial charge on any atom is -0.357 e. The third kappa shape index (κ3) is 2.17. The molecule has 0 unspecified atom stereocenters. The summed E-state index contributed by atoms with van der Waals surface area (Å²) in [5.41, 5.74) is 2.33. The van der Waals surface area contributed by atoms with E-state index < -0.39 is 0 Å². The summed E-state index contributed by atoms with van der Waals surface area (Å²) in [6, 6.07) is 0. The molecule has 0 saturated carbocycles. The second-order valence-corrected chi connectivity index (χ2v) is 4.23. The van der Waals surface area contributed by atoms with E-state index in [1.807, 2.05) is 20.2 Å². The van der Waals surface area contributed by atoms with E-state index in [0.717, 1.165) is 11.3 Å². The van der Waals surface area contributed by atoms with Crippen molar-refractivity contribution in [2.75, 3.05) is 12.4 Å². The molecule has 0 saturated heterocycles. The van der Waals surface area contributed by atoms with E-state index in [9.17, 15) is 0 Å². The lowest BCUT2D eigenvalue weighted by molar-refractivity contribution is 0.563. The molecular formula is C10H17N3. The van der Waals surface area contributed by atoms with Crippen LogP contribution < -0.4 is 5.32 Å². The molecule has 0 fully saturated rings. The van der Waals surface area contributed by atoms with Gasteiger partial charge in [0.2, 0.25) is 5.95 Å². The van der Waals surface area contributed by atoms with Crippen molar-refractivity contribution >= 4 is 5.95 Å². The average Bonchev–Trinajstić information content (AvgIpc) is 2.03. The van der Waals surface area contributed by atoms with E-state index >= 15 is 0 Å². The second kappa shape index (κ2) is 3.32. The predicted octanol–water partition coefficient (Wildman–Crippen LogP) is 2.12. The third-order valence-electron chi connectivity index (χ3n) is 1.91. The fourth-order valence-corrected chi connectivity index (χ4v) is 1.32. The molecule has 3 heteroatoms. The monoisotopic (exact) mass is 179 g/mol. The lowest BCUT2D eigenvalue weighted by atomic mass is 9.89. The Morgan fingerprint density at radius 1 is 1.31 bits per heavy atom. The van der Waals surface area contributed by atoms with Crippen molar-refractivity contribution in [2.45, 2.75) is 33.1 Å². The number of hydrogen-bond acceptors (Lipinski definition) is 3. The first-order valence-corrected chi connectivity index (χ1v) is 4.47. The smallest absolute Gasteiger partial charge is 0.222 e. The van der Waals surface area contributed by atoms with Gasteiger partial charge in [-0.15, -0.1) is 0 Å². The van der Waals surface area contributed by atoms with Crippen LogP contribution in [0.1, 0.15) is 32.0 Å². The summed E-state index contributed by atoms with van der Waals surface area (Å²) in [6.07, 6.45) is 1.86. The van der Waals surface area contributed by atoms with E-state index in [1.165, 1.54) is 0 Å². The molecule has 0 aliphatic rings. The zero-order valence-corrected chi connectivity index (χ0v) is 8.97. The summed E-state index contributed by atoms with van der Waals surface area (Å²) < 4.78 is 0. The molecule has 3 nitrogen and oxygen atoms in total. The summed E-state index contributed by atoms with van der Waals surface area (Å²) >= 11 is 0. The molecule has 0 aliphatic heterocycles. The number of aromatic nitrogens is 2. The van der Waals surface area contributed by atoms with Crippen LogP contribution in [0.2, 0.25) is 0 Å². The van der Waals surface area contributed by atoms with E-state index in [4.69, 9.17) is 0 Å². The Labute approximate surface area is 79.6 Å². The first-order valence-electron chi connectivity index (χ1n) is 4.47. The summed E-state index contributed by atoms with van der Waals surface area (Å²) in [7, 11) is 1.83. The Morgan fingerprint density at radius 3 is 2.38 bits per heavy atom. The summed E-state index contributed by atoms with van der Waals surface area (Å²) in [5, 5.41) is 2.94. The molecule has 0 atom stereocenters. The highest BCUT2D eigenvalue weighted by Crippen LogP contribution is 2.23. The van der Waals surface area contributed by atoms with Crippen molar-refractivity contribution in [2.24, 2.45) is 0 Å². The minimum absolute atomic E-state index is 0.0820. The minimum atomic E-state index is 0.0820. The highest BCUT2D eigenvalue weighted by Gasteiger charge is 2.18. The third-order valence-corrected chi connectivity index (χ3v) is 1.91. The van der Waals surface area contributed by atoms with Crippen molar-refractivity contribution in [3.05, 3.63) is 17.5 Å². The van der Waals surface area contributed by atoms with Gasteiger partial charge >= 0.3 is 0 Å². The van der Waals surface area contributed by atoms with Crippen LogP contribution >= 0.6 is 0 Å². The number of hydrogen-bond donors (Lipinski definition) is 1. The lowest BCUT2D eigenvalue weighted by Crippen LogP contribution is -2.17. The van der Waals surface area contributed by atoms with E-state index in [1.54, 1.807) is 0 Å². The molecule has 1 N–H and O–H groups in total. The van der Waals surface area contributed by atoms with Gasteiger partial charge in [0.05, 0.1) is 5.69 Å². The van der Waals surface area contributed by atoms with E-state index in [-0.39, 0.29) is 5.41 Å². The molecular weight excluding hydrogens is 162 g/mol. The van der Waals surface area contributed by atoms with Gasteiger partial charge in [0.25, 0.3) is 0 Å². The molecule has 1 heterocycles. The van der Waals surface area contributed by atoms with Crippen LogP contribution in [-0.2, 0) is 5.41 Å². The molecule has 1 rings (SSSR count). The molecule has 0 aromatic carbocycles. The standard InChI is InChI=1S/C10H17N3/c1-7-6-12-9(11-5)13-8(7)10(2,3)4/h6H,1-5H3,(H,11,12,13). The first-order chi connectivity index (χ1) is 5.95. The largest absolute Gasteiger partial charge is 0.357 e. The van der Waals surface area contributed by atoms with Crippen LogP contribution in [0, 0.1) is 6.92 Å². The Kier molecular flexibility index (Phi) is 2.55. The van der Waals surface area contributed by atoms with Crippen LogP contribution in [0.15, 0.2) is 6.20 Å². The molecule has 0 aliphatic carbocycles. The van der Waals surface area contributed by atoms with Crippen LogP contribution in [-0.4, -0.2) is 17.0 Å². The maximum Gasteiger partial charge on any atom is 0.222 e. The zero-order chi connectivity index (χ0) is 10.1. The van der Waals surface area contributed by atoms with Gasteiger partial charge in [0.1, 0.15) is 0 Å².